The van der Waals surface area contributed by atoms with E-state index in [1.54, 1.807) is 16.7 Å². The van der Waals surface area contributed by atoms with Gasteiger partial charge in [-0.3, -0.25) is 14.2 Å². The van der Waals surface area contributed by atoms with Gasteiger partial charge in [-0.15, -0.1) is 0 Å². The molecule has 0 atom stereocenters. The average molecular weight is 380 g/mol. The number of amides is 1. The maximum absolute atomic E-state index is 13.2. The summed E-state index contributed by atoms with van der Waals surface area (Å²) >= 11 is 1.23. The number of thiazole rings is 1. The number of nitrogens with zero attached hydrogens (tertiary/aromatic N) is 3. The number of nitrogens with one attached hydrogen (secondary N) is 1. The van der Waals surface area contributed by atoms with Crippen LogP contribution in [0.3, 0.4) is 0 Å². The van der Waals surface area contributed by atoms with Gasteiger partial charge in [0.25, 0.3) is 11.5 Å². The Labute approximate surface area is 156 Å². The van der Waals surface area contributed by atoms with E-state index in [9.17, 15) is 14.0 Å². The van der Waals surface area contributed by atoms with E-state index in [0.717, 1.165) is 11.3 Å². The lowest BCUT2D eigenvalue weighted by Crippen LogP contribution is -2.43. The van der Waals surface area contributed by atoms with Crippen LogP contribution in [0.5, 0.6) is 0 Å². The number of para-hydroxylation sites is 1. The molecule has 8 heteroatoms. The highest BCUT2D eigenvalue weighted by molar-refractivity contribution is 7.07. The monoisotopic (exact) mass is 380 g/mol. The van der Waals surface area contributed by atoms with Crippen molar-refractivity contribution in [2.75, 3.05) is 16.9 Å². The third-order valence-corrected chi connectivity index (χ3v) is 5.76. The molecule has 134 valence electrons. The normalized spacial score (nSPS) is 17.2. The van der Waals surface area contributed by atoms with Crippen LogP contribution in [0.4, 0.5) is 15.8 Å². The van der Waals surface area contributed by atoms with Crippen LogP contribution in [0.15, 0.2) is 58.3 Å². The van der Waals surface area contributed by atoms with Crippen LogP contribution in [0, 0.1) is 5.82 Å². The van der Waals surface area contributed by atoms with Crippen LogP contribution in [-0.4, -0.2) is 17.1 Å². The molecule has 3 heterocycles. The minimum Gasteiger partial charge on any atom is -0.334 e. The molecule has 2 aromatic carbocycles. The minimum absolute atomic E-state index is 0.243. The zero-order chi connectivity index (χ0) is 18.5. The van der Waals surface area contributed by atoms with Crippen LogP contribution in [0.2, 0.25) is 0 Å². The number of rotatable bonds is 1. The van der Waals surface area contributed by atoms with Crippen LogP contribution >= 0.6 is 11.3 Å². The van der Waals surface area contributed by atoms with E-state index in [1.807, 2.05) is 29.2 Å². The number of carbonyl (C=O) groups excluding carboxylic acids is 1. The molecule has 6 nitrogen and oxygen atoms in total. The van der Waals surface area contributed by atoms with Gasteiger partial charge in [-0.25, -0.2) is 9.38 Å². The SMILES string of the molecule is O=C1Nc2ccccc2/C1=c1\sc2n(c1=O)CN(c1ccc(F)cc1)CN=2. The van der Waals surface area contributed by atoms with Gasteiger partial charge in [0, 0.05) is 16.9 Å². The summed E-state index contributed by atoms with van der Waals surface area (Å²) in [6.07, 6.45) is 0. The van der Waals surface area contributed by atoms with E-state index in [4.69, 9.17) is 0 Å². The number of anilines is 2. The van der Waals surface area contributed by atoms with Crippen LogP contribution in [0.1, 0.15) is 5.56 Å². The highest BCUT2D eigenvalue weighted by atomic mass is 32.1. The maximum atomic E-state index is 13.2. The molecule has 2 aliphatic rings. The summed E-state index contributed by atoms with van der Waals surface area (Å²) in [5, 5.41) is 2.80. The van der Waals surface area contributed by atoms with E-state index in [2.05, 4.69) is 10.3 Å². The van der Waals surface area contributed by atoms with Gasteiger partial charge >= 0.3 is 0 Å². The fourth-order valence-corrected chi connectivity index (χ4v) is 4.38. The molecule has 0 spiro atoms. The van der Waals surface area contributed by atoms with Crippen LogP contribution in [0.25, 0.3) is 5.57 Å². The molecule has 0 saturated heterocycles. The molecule has 1 N–H and O–H groups in total. The second-order valence-corrected chi connectivity index (χ2v) is 7.26. The van der Waals surface area contributed by atoms with E-state index in [-0.39, 0.29) is 17.3 Å². The molecule has 0 saturated carbocycles. The number of carbonyl (C=O) groups is 1. The van der Waals surface area contributed by atoms with Gasteiger partial charge in [-0.05, 0) is 30.3 Å². The molecular formula is C19H13FN4O2S. The molecule has 1 amide bonds. The summed E-state index contributed by atoms with van der Waals surface area (Å²) in [5.41, 5.74) is 2.37. The van der Waals surface area contributed by atoms with Crippen LogP contribution in [-0.2, 0) is 11.5 Å². The largest absolute Gasteiger partial charge is 0.334 e. The number of benzene rings is 2. The predicted octanol–water partition coefficient (Wildman–Crippen LogP) is 1.25. The van der Waals surface area contributed by atoms with Gasteiger partial charge in [0.2, 0.25) is 0 Å². The molecule has 5 rings (SSSR count). The first-order chi connectivity index (χ1) is 13.1. The van der Waals surface area contributed by atoms with Crippen LogP contribution < -0.4 is 25.1 Å². The van der Waals surface area contributed by atoms with Crippen molar-refractivity contribution in [3.8, 4) is 0 Å². The molecule has 0 radical (unpaired) electrons. The zero-order valence-corrected chi connectivity index (χ0v) is 14.8. The lowest BCUT2D eigenvalue weighted by Gasteiger charge is -2.25. The Morgan fingerprint density at radius 3 is 2.67 bits per heavy atom. The second kappa shape index (κ2) is 5.88. The summed E-state index contributed by atoms with van der Waals surface area (Å²) in [7, 11) is 0. The maximum Gasteiger partial charge on any atom is 0.272 e. The summed E-state index contributed by atoms with van der Waals surface area (Å²) in [6, 6.07) is 13.4. The van der Waals surface area contributed by atoms with E-state index >= 15 is 0 Å². The van der Waals surface area contributed by atoms with E-state index in [1.165, 1.54) is 23.5 Å². The quantitative estimate of drug-likeness (QED) is 0.691. The van der Waals surface area contributed by atoms with Crippen molar-refractivity contribution in [2.24, 2.45) is 4.99 Å². The zero-order valence-electron chi connectivity index (χ0n) is 14.0. The lowest BCUT2D eigenvalue weighted by molar-refractivity contribution is -0.110. The molecule has 1 aromatic heterocycles. The Morgan fingerprint density at radius 1 is 1.07 bits per heavy atom. The fraction of sp³-hybridized carbons (Fsp3) is 0.105. The fourth-order valence-electron chi connectivity index (χ4n) is 3.32. The molecular weight excluding hydrogens is 367 g/mol. The van der Waals surface area contributed by atoms with Crippen molar-refractivity contribution in [1.29, 1.82) is 0 Å². The number of hydrogen-bond donors (Lipinski definition) is 1. The first-order valence-corrected chi connectivity index (χ1v) is 9.13. The molecule has 3 aromatic rings. The molecule has 0 unspecified atom stereocenters. The highest BCUT2D eigenvalue weighted by Crippen LogP contribution is 2.29. The van der Waals surface area contributed by atoms with Crippen molar-refractivity contribution in [3.63, 3.8) is 0 Å². The molecule has 27 heavy (non-hydrogen) atoms. The third-order valence-electron chi connectivity index (χ3n) is 4.64. The average Bonchev–Trinajstić information content (AvgIpc) is 3.18. The van der Waals surface area contributed by atoms with Gasteiger partial charge < -0.3 is 10.2 Å². The van der Waals surface area contributed by atoms with Gasteiger partial charge in [0.15, 0.2) is 4.80 Å². The van der Waals surface area contributed by atoms with Crippen molar-refractivity contribution < 1.29 is 9.18 Å². The Morgan fingerprint density at radius 2 is 1.85 bits per heavy atom. The number of aromatic nitrogens is 1. The smallest absolute Gasteiger partial charge is 0.272 e. The van der Waals surface area contributed by atoms with Crippen molar-refractivity contribution in [2.45, 2.75) is 6.67 Å². The van der Waals surface area contributed by atoms with Gasteiger partial charge in [0.1, 0.15) is 23.7 Å². The number of fused-ring (bicyclic) bond motifs is 2. The van der Waals surface area contributed by atoms with E-state index in [0.29, 0.717) is 33.9 Å². The van der Waals surface area contributed by atoms with Gasteiger partial charge in [-0.1, -0.05) is 29.5 Å². The first kappa shape index (κ1) is 16.0. The third kappa shape index (κ3) is 2.48. The Hall–Kier alpha value is -3.26. The molecule has 0 aliphatic carbocycles. The number of halogens is 1. The summed E-state index contributed by atoms with van der Waals surface area (Å²) in [4.78, 5) is 32.4. The molecule has 0 bridgehead atoms. The molecule has 0 fully saturated rings. The number of hydrogen-bond acceptors (Lipinski definition) is 5. The highest BCUT2D eigenvalue weighted by Gasteiger charge is 2.27. The standard InChI is InChI=1S/C19H13FN4O2S/c20-11-5-7-12(8-6-11)23-9-21-19-24(10-23)18(26)16(27-19)15-13-3-1-2-4-14(13)22-17(15)25/h1-8H,9-10H2,(H,22,25)/b16-15+. The predicted molar refractivity (Wildman–Crippen MR) is 101 cm³/mol. The Kier molecular flexibility index (Phi) is 3.48. The Bertz CT molecular complexity index is 1260. The van der Waals surface area contributed by atoms with Crippen molar-refractivity contribution in [1.82, 2.24) is 4.57 Å². The minimum atomic E-state index is -0.314. The summed E-state index contributed by atoms with van der Waals surface area (Å²) in [6.45, 7) is 0.666. The first-order valence-electron chi connectivity index (χ1n) is 8.31. The van der Waals surface area contributed by atoms with Crippen molar-refractivity contribution in [3.05, 3.63) is 79.6 Å². The second-order valence-electron chi connectivity index (χ2n) is 6.28. The van der Waals surface area contributed by atoms with E-state index < -0.39 is 0 Å². The summed E-state index contributed by atoms with van der Waals surface area (Å²) < 4.78 is 15.1. The Balaban J connectivity index is 1.64. The van der Waals surface area contributed by atoms with Gasteiger partial charge in [-0.2, -0.15) is 0 Å². The molecule has 2 aliphatic heterocycles. The lowest BCUT2D eigenvalue weighted by atomic mass is 10.1. The van der Waals surface area contributed by atoms with Gasteiger partial charge in [0.05, 0.1) is 5.57 Å². The summed E-state index contributed by atoms with van der Waals surface area (Å²) in [5.74, 6) is -0.589. The topological polar surface area (TPSA) is 66.7 Å². The van der Waals surface area contributed by atoms with Crippen molar-refractivity contribution >= 4 is 34.2 Å².